The first-order chi connectivity index (χ1) is 12.0. The molecule has 0 N–H and O–H groups in total. The standard InChI is InChI=1S/C17H20N4O4/c1-19(13-5-3-4-6-13)17(22)20-10-14(18-11-20)12-7-8-16(25-2)15(9-12)21(23)24/h7-11,13H,3-6H2,1-2H3. The fraction of sp³-hybridized carbons (Fsp3) is 0.412. The molecule has 0 spiro atoms. The Bertz CT molecular complexity index is 796. The molecule has 132 valence electrons. The van der Waals surface area contributed by atoms with Crippen LogP contribution in [0.25, 0.3) is 11.3 Å². The minimum Gasteiger partial charge on any atom is -0.490 e. The van der Waals surface area contributed by atoms with Crippen LogP contribution in [0.4, 0.5) is 10.5 Å². The molecule has 0 unspecified atom stereocenters. The maximum Gasteiger partial charge on any atom is 0.329 e. The normalized spacial score (nSPS) is 14.5. The van der Waals surface area contributed by atoms with E-state index in [9.17, 15) is 14.9 Å². The summed E-state index contributed by atoms with van der Waals surface area (Å²) in [4.78, 5) is 29.2. The van der Waals surface area contributed by atoms with Crippen molar-refractivity contribution in [2.24, 2.45) is 0 Å². The van der Waals surface area contributed by atoms with E-state index in [1.54, 1.807) is 24.2 Å². The second-order valence-electron chi connectivity index (χ2n) is 6.14. The third-order valence-electron chi connectivity index (χ3n) is 4.65. The van der Waals surface area contributed by atoms with Crippen molar-refractivity contribution in [2.45, 2.75) is 31.7 Å². The number of rotatable bonds is 4. The molecule has 25 heavy (non-hydrogen) atoms. The van der Waals surface area contributed by atoms with Crippen LogP contribution in [0.5, 0.6) is 5.75 Å². The molecule has 1 aromatic carbocycles. The molecule has 1 aromatic heterocycles. The summed E-state index contributed by atoms with van der Waals surface area (Å²) in [5, 5.41) is 11.2. The molecular formula is C17H20N4O4. The van der Waals surface area contributed by atoms with Crippen molar-refractivity contribution < 1.29 is 14.5 Å². The lowest BCUT2D eigenvalue weighted by atomic mass is 10.1. The summed E-state index contributed by atoms with van der Waals surface area (Å²) >= 11 is 0. The molecule has 0 bridgehead atoms. The van der Waals surface area contributed by atoms with Crippen molar-refractivity contribution in [1.29, 1.82) is 0 Å². The molecule has 0 atom stereocenters. The Kier molecular flexibility index (Phi) is 4.69. The third-order valence-corrected chi connectivity index (χ3v) is 4.65. The van der Waals surface area contributed by atoms with Crippen molar-refractivity contribution in [3.63, 3.8) is 0 Å². The van der Waals surface area contributed by atoms with E-state index in [0.717, 1.165) is 25.7 Å². The number of hydrogen-bond donors (Lipinski definition) is 0. The van der Waals surface area contributed by atoms with Gasteiger partial charge in [0, 0.05) is 30.9 Å². The highest BCUT2D eigenvalue weighted by atomic mass is 16.6. The van der Waals surface area contributed by atoms with Crippen molar-refractivity contribution in [2.75, 3.05) is 14.2 Å². The van der Waals surface area contributed by atoms with Crippen LogP contribution in [-0.2, 0) is 0 Å². The lowest BCUT2D eigenvalue weighted by molar-refractivity contribution is -0.385. The number of ether oxygens (including phenoxy) is 1. The van der Waals surface area contributed by atoms with Crippen LogP contribution < -0.4 is 4.74 Å². The molecule has 1 saturated carbocycles. The van der Waals surface area contributed by atoms with E-state index in [1.165, 1.54) is 30.1 Å². The van der Waals surface area contributed by atoms with Crippen LogP contribution >= 0.6 is 0 Å². The molecule has 1 aliphatic carbocycles. The summed E-state index contributed by atoms with van der Waals surface area (Å²) in [7, 11) is 3.18. The maximum absolute atomic E-state index is 12.6. The van der Waals surface area contributed by atoms with Gasteiger partial charge in [0.05, 0.1) is 17.7 Å². The summed E-state index contributed by atoms with van der Waals surface area (Å²) in [6, 6.07) is 4.73. The highest BCUT2D eigenvalue weighted by Crippen LogP contribution is 2.31. The Labute approximate surface area is 145 Å². The van der Waals surface area contributed by atoms with Gasteiger partial charge in [-0.1, -0.05) is 12.8 Å². The number of imidazole rings is 1. The van der Waals surface area contributed by atoms with Gasteiger partial charge >= 0.3 is 11.7 Å². The molecule has 1 heterocycles. The Morgan fingerprint density at radius 2 is 2.12 bits per heavy atom. The highest BCUT2D eigenvalue weighted by Gasteiger charge is 2.25. The number of methoxy groups -OCH3 is 1. The lowest BCUT2D eigenvalue weighted by Crippen LogP contribution is -2.37. The van der Waals surface area contributed by atoms with E-state index in [1.807, 2.05) is 0 Å². The fourth-order valence-corrected chi connectivity index (χ4v) is 3.20. The number of nitro benzene ring substituents is 1. The quantitative estimate of drug-likeness (QED) is 0.627. The van der Waals surface area contributed by atoms with E-state index in [4.69, 9.17) is 4.74 Å². The van der Waals surface area contributed by atoms with Gasteiger partial charge in [0.2, 0.25) is 0 Å². The van der Waals surface area contributed by atoms with Crippen molar-refractivity contribution >= 4 is 11.7 Å². The molecule has 8 heteroatoms. The van der Waals surface area contributed by atoms with Gasteiger partial charge in [0.15, 0.2) is 5.75 Å². The van der Waals surface area contributed by atoms with Crippen molar-refractivity contribution in [1.82, 2.24) is 14.5 Å². The third kappa shape index (κ3) is 3.33. The summed E-state index contributed by atoms with van der Waals surface area (Å²) in [5.74, 6) is 0.185. The number of aromatic nitrogens is 2. The molecule has 0 saturated heterocycles. The zero-order valence-electron chi connectivity index (χ0n) is 14.2. The molecule has 3 rings (SSSR count). The molecule has 0 radical (unpaired) electrons. The average molecular weight is 344 g/mol. The zero-order chi connectivity index (χ0) is 18.0. The molecule has 0 aliphatic heterocycles. The Balaban J connectivity index is 1.85. The number of amides is 1. The summed E-state index contributed by atoms with van der Waals surface area (Å²) < 4.78 is 6.42. The predicted octanol–water partition coefficient (Wildman–Crippen LogP) is 3.31. The van der Waals surface area contributed by atoms with Crippen LogP contribution in [0.2, 0.25) is 0 Å². The van der Waals surface area contributed by atoms with E-state index >= 15 is 0 Å². The first-order valence-corrected chi connectivity index (χ1v) is 8.15. The number of nitrogens with zero attached hydrogens (tertiary/aromatic N) is 4. The van der Waals surface area contributed by atoms with Gasteiger partial charge < -0.3 is 9.64 Å². The SMILES string of the molecule is COc1ccc(-c2cn(C(=O)N(C)C3CCCC3)cn2)cc1[N+](=O)[O-]. The number of nitro groups is 1. The summed E-state index contributed by atoms with van der Waals surface area (Å²) in [6.45, 7) is 0. The zero-order valence-corrected chi connectivity index (χ0v) is 14.2. The Morgan fingerprint density at radius 1 is 1.40 bits per heavy atom. The highest BCUT2D eigenvalue weighted by molar-refractivity contribution is 5.78. The van der Waals surface area contributed by atoms with E-state index in [2.05, 4.69) is 4.98 Å². The van der Waals surface area contributed by atoms with Crippen LogP contribution in [0, 0.1) is 10.1 Å². The van der Waals surface area contributed by atoms with Crippen LogP contribution in [0.15, 0.2) is 30.7 Å². The van der Waals surface area contributed by atoms with E-state index in [0.29, 0.717) is 11.3 Å². The van der Waals surface area contributed by atoms with Gasteiger partial charge in [0.1, 0.15) is 6.33 Å². The molecule has 1 aliphatic rings. The Morgan fingerprint density at radius 3 is 2.76 bits per heavy atom. The molecule has 1 fully saturated rings. The smallest absolute Gasteiger partial charge is 0.329 e. The van der Waals surface area contributed by atoms with Gasteiger partial charge in [-0.25, -0.2) is 9.78 Å². The average Bonchev–Trinajstić information content (AvgIpc) is 3.31. The number of benzene rings is 1. The fourth-order valence-electron chi connectivity index (χ4n) is 3.20. The largest absolute Gasteiger partial charge is 0.490 e. The molecule has 8 nitrogen and oxygen atoms in total. The molecule has 1 amide bonds. The van der Waals surface area contributed by atoms with Crippen molar-refractivity contribution in [3.8, 4) is 17.0 Å². The van der Waals surface area contributed by atoms with Crippen LogP contribution in [0.1, 0.15) is 25.7 Å². The minimum atomic E-state index is -0.502. The number of carbonyl (C=O) groups is 1. The van der Waals surface area contributed by atoms with E-state index in [-0.39, 0.29) is 23.5 Å². The maximum atomic E-state index is 12.6. The number of carbonyl (C=O) groups excluding carboxylic acids is 1. The predicted molar refractivity (Wildman–Crippen MR) is 91.7 cm³/mol. The van der Waals surface area contributed by atoms with E-state index < -0.39 is 4.92 Å². The van der Waals surface area contributed by atoms with Gasteiger partial charge in [-0.05, 0) is 25.0 Å². The van der Waals surface area contributed by atoms with Crippen LogP contribution in [0.3, 0.4) is 0 Å². The number of hydrogen-bond acceptors (Lipinski definition) is 5. The summed E-state index contributed by atoms with van der Waals surface area (Å²) in [5.41, 5.74) is 0.922. The topological polar surface area (TPSA) is 90.5 Å². The Hall–Kier alpha value is -2.90. The van der Waals surface area contributed by atoms with Gasteiger partial charge in [0.25, 0.3) is 0 Å². The second kappa shape index (κ2) is 6.92. The second-order valence-corrected chi connectivity index (χ2v) is 6.14. The minimum absolute atomic E-state index is 0.135. The first-order valence-electron chi connectivity index (χ1n) is 8.15. The summed E-state index contributed by atoms with van der Waals surface area (Å²) in [6.07, 6.45) is 7.38. The molecular weight excluding hydrogens is 324 g/mol. The van der Waals surface area contributed by atoms with Crippen LogP contribution in [-0.4, -0.2) is 45.6 Å². The van der Waals surface area contributed by atoms with Crippen molar-refractivity contribution in [3.05, 3.63) is 40.8 Å². The molecule has 2 aromatic rings. The monoisotopic (exact) mass is 344 g/mol. The van der Waals surface area contributed by atoms with Gasteiger partial charge in [-0.2, -0.15) is 0 Å². The first kappa shape index (κ1) is 16.9. The lowest BCUT2D eigenvalue weighted by Gasteiger charge is -2.23. The van der Waals surface area contributed by atoms with Gasteiger partial charge in [-0.3, -0.25) is 14.7 Å². The van der Waals surface area contributed by atoms with Gasteiger partial charge in [-0.15, -0.1) is 0 Å².